The number of benzene rings is 5. The molecule has 0 fully saturated rings. The fourth-order valence-electron chi connectivity index (χ4n) is 6.21. The van der Waals surface area contributed by atoms with Gasteiger partial charge in [-0.3, -0.25) is 9.59 Å². The highest BCUT2D eigenvalue weighted by molar-refractivity contribution is 5.77. The normalized spacial score (nSPS) is 11.1. The molecular weight excluding hydrogens is 568 g/mol. The quantitative estimate of drug-likeness (QED) is 0.131. The molecule has 0 aliphatic rings. The lowest BCUT2D eigenvalue weighted by molar-refractivity contribution is -0.138. The number of hydrogen-bond donors (Lipinski definition) is 2. The molecule has 0 saturated carbocycles. The predicted octanol–water partition coefficient (Wildman–Crippen LogP) is 9.44. The first-order chi connectivity index (χ1) is 22.2. The van der Waals surface area contributed by atoms with Crippen LogP contribution in [0, 0.1) is 5.92 Å². The fourth-order valence-corrected chi connectivity index (χ4v) is 6.21. The summed E-state index contributed by atoms with van der Waals surface area (Å²) in [4.78, 5) is 22.7. The second kappa shape index (κ2) is 15.4. The summed E-state index contributed by atoms with van der Waals surface area (Å²) in [5.41, 5.74) is 12.8. The van der Waals surface area contributed by atoms with Crippen LogP contribution in [0.2, 0.25) is 0 Å². The van der Waals surface area contributed by atoms with Crippen LogP contribution in [0.1, 0.15) is 65.6 Å². The van der Waals surface area contributed by atoms with E-state index >= 15 is 0 Å². The van der Waals surface area contributed by atoms with Crippen molar-refractivity contribution < 1.29 is 19.8 Å². The van der Waals surface area contributed by atoms with Crippen LogP contribution in [-0.2, 0) is 41.7 Å². The first-order valence-corrected chi connectivity index (χ1v) is 16.1. The highest BCUT2D eigenvalue weighted by atomic mass is 16.4. The monoisotopic (exact) mass is 610 g/mol. The second-order valence-electron chi connectivity index (χ2n) is 12.6. The Morgan fingerprint density at radius 3 is 1.65 bits per heavy atom. The Balaban J connectivity index is 1.59. The van der Waals surface area contributed by atoms with Gasteiger partial charge in [0.05, 0.1) is 0 Å². The largest absolute Gasteiger partial charge is 0.481 e. The van der Waals surface area contributed by atoms with Gasteiger partial charge in [-0.15, -0.1) is 0 Å². The molecule has 0 radical (unpaired) electrons. The van der Waals surface area contributed by atoms with Crippen molar-refractivity contribution in [1.29, 1.82) is 0 Å². The lowest BCUT2D eigenvalue weighted by Crippen LogP contribution is -2.03. The summed E-state index contributed by atoms with van der Waals surface area (Å²) in [6, 6.07) is 40.5. The van der Waals surface area contributed by atoms with Crippen molar-refractivity contribution in [2.24, 2.45) is 5.92 Å². The number of hydrogen-bond acceptors (Lipinski definition) is 2. The summed E-state index contributed by atoms with van der Waals surface area (Å²) < 4.78 is 0. The summed E-state index contributed by atoms with van der Waals surface area (Å²) in [6.07, 6.45) is 3.66. The third-order valence-corrected chi connectivity index (χ3v) is 8.44. The van der Waals surface area contributed by atoms with Crippen molar-refractivity contribution in [2.75, 3.05) is 0 Å². The van der Waals surface area contributed by atoms with Crippen molar-refractivity contribution in [3.05, 3.63) is 154 Å². The maximum Gasteiger partial charge on any atom is 0.303 e. The van der Waals surface area contributed by atoms with E-state index in [1.54, 1.807) is 0 Å². The number of rotatable bonds is 14. The van der Waals surface area contributed by atoms with Gasteiger partial charge in [-0.05, 0) is 99.2 Å². The zero-order valence-electron chi connectivity index (χ0n) is 26.7. The van der Waals surface area contributed by atoms with Crippen LogP contribution in [0.25, 0.3) is 22.3 Å². The molecule has 46 heavy (non-hydrogen) atoms. The van der Waals surface area contributed by atoms with Gasteiger partial charge >= 0.3 is 11.9 Å². The summed E-state index contributed by atoms with van der Waals surface area (Å²) in [5, 5.41) is 18.6. The fraction of sp³-hybridized carbons (Fsp3) is 0.238. The SMILES string of the molecule is CC(C)Cc1cc(CCC(=O)O)ccc1-c1ccc(-c2ccc(CCC(=O)O)c(Cc3ccccc3)c2)c(Cc2ccccc2)c1. The van der Waals surface area contributed by atoms with Crippen LogP contribution in [0.3, 0.4) is 0 Å². The third-order valence-electron chi connectivity index (χ3n) is 8.44. The average Bonchev–Trinajstić information content (AvgIpc) is 3.04. The molecule has 0 spiro atoms. The smallest absolute Gasteiger partial charge is 0.303 e. The minimum Gasteiger partial charge on any atom is -0.481 e. The molecular formula is C42H42O4. The number of carbonyl (C=O) groups is 2. The van der Waals surface area contributed by atoms with Crippen molar-refractivity contribution in [3.8, 4) is 22.3 Å². The zero-order valence-corrected chi connectivity index (χ0v) is 26.7. The van der Waals surface area contributed by atoms with Crippen molar-refractivity contribution in [3.63, 3.8) is 0 Å². The summed E-state index contributed by atoms with van der Waals surface area (Å²) >= 11 is 0. The second-order valence-corrected chi connectivity index (χ2v) is 12.6. The van der Waals surface area contributed by atoms with Gasteiger partial charge in [0.25, 0.3) is 0 Å². The molecule has 234 valence electrons. The van der Waals surface area contributed by atoms with E-state index < -0.39 is 11.9 Å². The van der Waals surface area contributed by atoms with Gasteiger partial charge in [0.2, 0.25) is 0 Å². The van der Waals surface area contributed by atoms with Crippen LogP contribution in [0.5, 0.6) is 0 Å². The molecule has 5 rings (SSSR count). The molecule has 0 aliphatic heterocycles. The van der Waals surface area contributed by atoms with Crippen molar-refractivity contribution in [1.82, 2.24) is 0 Å². The summed E-state index contributed by atoms with van der Waals surface area (Å²) in [7, 11) is 0. The highest BCUT2D eigenvalue weighted by Crippen LogP contribution is 2.35. The van der Waals surface area contributed by atoms with Crippen molar-refractivity contribution >= 4 is 11.9 Å². The average molecular weight is 611 g/mol. The van der Waals surface area contributed by atoms with Crippen LogP contribution in [0.15, 0.2) is 115 Å². The first kappa shape index (κ1) is 32.4. The van der Waals surface area contributed by atoms with Gasteiger partial charge < -0.3 is 10.2 Å². The Morgan fingerprint density at radius 1 is 0.522 bits per heavy atom. The van der Waals surface area contributed by atoms with E-state index in [4.69, 9.17) is 0 Å². The molecule has 0 saturated heterocycles. The number of aryl methyl sites for hydroxylation is 2. The molecule has 0 heterocycles. The molecule has 0 aliphatic carbocycles. The first-order valence-electron chi connectivity index (χ1n) is 16.1. The number of carboxylic acids is 2. The van der Waals surface area contributed by atoms with E-state index in [2.05, 4.69) is 105 Å². The summed E-state index contributed by atoms with van der Waals surface area (Å²) in [5.74, 6) is -1.11. The molecule has 4 heteroatoms. The maximum absolute atomic E-state index is 11.4. The van der Waals surface area contributed by atoms with Crippen LogP contribution in [-0.4, -0.2) is 22.2 Å². The van der Waals surface area contributed by atoms with E-state index in [-0.39, 0.29) is 12.8 Å². The van der Waals surface area contributed by atoms with E-state index in [0.29, 0.717) is 18.8 Å². The van der Waals surface area contributed by atoms with Gasteiger partial charge in [-0.2, -0.15) is 0 Å². The Bertz CT molecular complexity index is 1790. The standard InChI is InChI=1S/C42H42O4/c1-29(2)23-37-26-32(14-21-41(43)44)13-19-39(37)35-17-20-40(38(28-35)25-31-11-7-4-8-12-31)34-16-15-33(18-22-42(45)46)36(27-34)24-30-9-5-3-6-10-30/h3-13,15-17,19-20,26-29H,14,18,21-25H2,1-2H3,(H,43,44)(H,45,46). The molecule has 0 aromatic heterocycles. The molecule has 0 atom stereocenters. The Hall–Kier alpha value is -4.96. The molecule has 0 unspecified atom stereocenters. The Morgan fingerprint density at radius 2 is 1.04 bits per heavy atom. The molecule has 5 aromatic carbocycles. The predicted molar refractivity (Wildman–Crippen MR) is 186 cm³/mol. The molecule has 4 nitrogen and oxygen atoms in total. The van der Waals surface area contributed by atoms with Crippen LogP contribution < -0.4 is 0 Å². The summed E-state index contributed by atoms with van der Waals surface area (Å²) in [6.45, 7) is 4.43. The maximum atomic E-state index is 11.4. The molecule has 0 amide bonds. The Labute approximate surface area is 272 Å². The minimum absolute atomic E-state index is 0.100. The van der Waals surface area contributed by atoms with Crippen LogP contribution in [0.4, 0.5) is 0 Å². The number of aliphatic carboxylic acids is 2. The van der Waals surface area contributed by atoms with Gasteiger partial charge in [-0.25, -0.2) is 0 Å². The molecule has 2 N–H and O–H groups in total. The van der Waals surface area contributed by atoms with Gasteiger partial charge in [0.15, 0.2) is 0 Å². The topological polar surface area (TPSA) is 74.6 Å². The van der Waals surface area contributed by atoms with E-state index in [1.807, 2.05) is 24.3 Å². The van der Waals surface area contributed by atoms with Gasteiger partial charge in [0.1, 0.15) is 0 Å². The minimum atomic E-state index is -0.790. The zero-order chi connectivity index (χ0) is 32.5. The Kier molecular flexibility index (Phi) is 10.8. The number of carboxylic acid groups (broad SMARTS) is 2. The van der Waals surface area contributed by atoms with Gasteiger partial charge in [-0.1, -0.05) is 129 Å². The molecule has 0 bridgehead atoms. The van der Waals surface area contributed by atoms with Crippen molar-refractivity contribution in [2.45, 2.75) is 58.8 Å². The lowest BCUT2D eigenvalue weighted by Gasteiger charge is -2.18. The van der Waals surface area contributed by atoms with E-state index in [1.165, 1.54) is 27.8 Å². The van der Waals surface area contributed by atoms with E-state index in [0.717, 1.165) is 52.6 Å². The van der Waals surface area contributed by atoms with E-state index in [9.17, 15) is 19.8 Å². The molecule has 5 aromatic rings. The third kappa shape index (κ3) is 8.82. The van der Waals surface area contributed by atoms with Gasteiger partial charge in [0, 0.05) is 12.8 Å². The highest BCUT2D eigenvalue weighted by Gasteiger charge is 2.15. The van der Waals surface area contributed by atoms with Crippen LogP contribution >= 0.6 is 0 Å². The lowest BCUT2D eigenvalue weighted by atomic mass is 9.86.